The Morgan fingerprint density at radius 3 is 1.74 bits per heavy atom. The number of rotatable bonds is 5. The lowest BCUT2D eigenvalue weighted by molar-refractivity contribution is 0.668. The first-order valence-corrected chi connectivity index (χ1v) is 16.0. The van der Waals surface area contributed by atoms with E-state index in [2.05, 4.69) is 12.1 Å². The maximum Gasteiger partial charge on any atom is 0.164 e. The van der Waals surface area contributed by atoms with E-state index in [1.807, 2.05) is 84.9 Å². The predicted octanol–water partition coefficient (Wildman–Crippen LogP) is 12.0. The highest BCUT2D eigenvalue weighted by Gasteiger charge is 2.18. The highest BCUT2D eigenvalue weighted by Crippen LogP contribution is 2.37. The summed E-state index contributed by atoms with van der Waals surface area (Å²) in [7, 11) is 0. The minimum Gasteiger partial charge on any atom is -0.456 e. The summed E-state index contributed by atoms with van der Waals surface area (Å²) in [5.74, 6) is 1.31. The molecule has 10 rings (SSSR count). The second-order valence-corrected chi connectivity index (χ2v) is 11.9. The van der Waals surface area contributed by atoms with Crippen molar-refractivity contribution in [2.75, 3.05) is 0 Å². The Labute approximate surface area is 297 Å². The van der Waals surface area contributed by atoms with E-state index in [-0.39, 0.29) is 51.7 Å². The Morgan fingerprint density at radius 2 is 0.960 bits per heavy atom. The van der Waals surface area contributed by atoms with Crippen LogP contribution >= 0.6 is 0 Å². The lowest BCUT2D eigenvalue weighted by Gasteiger charge is -2.10. The Bertz CT molecular complexity index is 3250. The fourth-order valence-electron chi connectivity index (χ4n) is 6.39. The van der Waals surface area contributed by atoms with E-state index in [0.717, 1.165) is 38.6 Å². The lowest BCUT2D eigenvalue weighted by Crippen LogP contribution is -2.00. The standard InChI is InChI=1S/C45H27N3O2/c1-2-9-28(10-3-1)29-17-21-31(22-18-29)43-46-44(48-45(47-43)36-13-8-16-41-42(36)35-12-5-7-15-39(35)50-41)32-23-19-30(20-24-32)33-25-26-40-37(27-33)34-11-4-6-14-38(34)49-40/h1-27H/i4D,6D,11D,14D,25D,26D,27D. The van der Waals surface area contributed by atoms with Crippen LogP contribution in [0.3, 0.4) is 0 Å². The molecule has 5 heteroatoms. The van der Waals surface area contributed by atoms with E-state index in [1.54, 1.807) is 24.3 Å². The average Bonchev–Trinajstić information content (AvgIpc) is 3.85. The molecule has 0 unspecified atom stereocenters. The van der Waals surface area contributed by atoms with Crippen LogP contribution in [0.1, 0.15) is 9.60 Å². The minimum atomic E-state index is -0.477. The van der Waals surface area contributed by atoms with Gasteiger partial charge in [-0.2, -0.15) is 0 Å². The molecule has 3 aromatic heterocycles. The topological polar surface area (TPSA) is 65.0 Å². The minimum absolute atomic E-state index is 0.00911. The van der Waals surface area contributed by atoms with E-state index in [9.17, 15) is 1.37 Å². The third-order valence-electron chi connectivity index (χ3n) is 8.85. The van der Waals surface area contributed by atoms with E-state index in [0.29, 0.717) is 34.2 Å². The van der Waals surface area contributed by atoms with Crippen molar-refractivity contribution in [3.8, 4) is 56.4 Å². The molecule has 5 nitrogen and oxygen atoms in total. The van der Waals surface area contributed by atoms with Gasteiger partial charge in [-0.1, -0.05) is 133 Å². The molecule has 0 atom stereocenters. The summed E-state index contributed by atoms with van der Waals surface area (Å²) in [5.41, 5.74) is 6.12. The molecule has 0 radical (unpaired) electrons. The number of furan rings is 2. The summed E-state index contributed by atoms with van der Waals surface area (Å²) in [4.78, 5) is 15.0. The van der Waals surface area contributed by atoms with Crippen molar-refractivity contribution in [1.82, 2.24) is 15.0 Å². The van der Waals surface area contributed by atoms with E-state index < -0.39 is 18.1 Å². The van der Waals surface area contributed by atoms with Crippen LogP contribution < -0.4 is 0 Å². The van der Waals surface area contributed by atoms with Crippen molar-refractivity contribution in [2.45, 2.75) is 0 Å². The van der Waals surface area contributed by atoms with Gasteiger partial charge in [0.2, 0.25) is 0 Å². The molecule has 7 aromatic carbocycles. The average molecular weight is 649 g/mol. The predicted molar refractivity (Wildman–Crippen MR) is 202 cm³/mol. The Hall–Kier alpha value is -6.85. The van der Waals surface area contributed by atoms with Gasteiger partial charge in [0.15, 0.2) is 17.5 Å². The molecule has 0 bridgehead atoms. The van der Waals surface area contributed by atoms with Crippen molar-refractivity contribution in [3.05, 3.63) is 164 Å². The molecule has 0 N–H and O–H groups in total. The summed E-state index contributed by atoms with van der Waals surface area (Å²) in [6, 6.07) is 36.4. The van der Waals surface area contributed by atoms with Gasteiger partial charge in [0, 0.05) is 38.2 Å². The van der Waals surface area contributed by atoms with Gasteiger partial charge in [-0.15, -0.1) is 0 Å². The van der Waals surface area contributed by atoms with Crippen molar-refractivity contribution in [3.63, 3.8) is 0 Å². The summed E-state index contributed by atoms with van der Waals surface area (Å²) >= 11 is 0. The largest absolute Gasteiger partial charge is 0.456 e. The lowest BCUT2D eigenvalue weighted by atomic mass is 10.0. The fourth-order valence-corrected chi connectivity index (χ4v) is 6.39. The molecule has 234 valence electrons. The van der Waals surface area contributed by atoms with E-state index in [4.69, 9.17) is 32.0 Å². The van der Waals surface area contributed by atoms with Gasteiger partial charge in [-0.3, -0.25) is 0 Å². The third kappa shape index (κ3) is 4.75. The van der Waals surface area contributed by atoms with Crippen LogP contribution in [0.5, 0.6) is 0 Å². The second kappa shape index (κ2) is 11.4. The highest BCUT2D eigenvalue weighted by atomic mass is 16.3. The Balaban J connectivity index is 1.13. The van der Waals surface area contributed by atoms with E-state index >= 15 is 0 Å². The van der Waals surface area contributed by atoms with Crippen molar-refractivity contribution in [2.24, 2.45) is 0 Å². The molecule has 0 saturated carbocycles. The summed E-state index contributed by atoms with van der Waals surface area (Å²) in [6.45, 7) is 0. The summed E-state index contributed by atoms with van der Waals surface area (Å²) in [6.07, 6.45) is 0. The number of para-hydroxylation sites is 2. The molecule has 3 heterocycles. The molecular weight excluding hydrogens is 615 g/mol. The molecule has 0 fully saturated rings. The molecule has 0 spiro atoms. The van der Waals surface area contributed by atoms with Crippen LogP contribution in [-0.4, -0.2) is 15.0 Å². The zero-order chi connectivity index (χ0) is 39.1. The summed E-state index contributed by atoms with van der Waals surface area (Å²) < 4.78 is 72.0. The van der Waals surface area contributed by atoms with Crippen LogP contribution in [0.15, 0.2) is 172 Å². The van der Waals surface area contributed by atoms with Gasteiger partial charge in [0.1, 0.15) is 22.3 Å². The first-order valence-electron chi connectivity index (χ1n) is 19.5. The molecule has 0 aliphatic heterocycles. The Kier molecular flexibility index (Phi) is 4.99. The molecule has 0 aliphatic rings. The van der Waals surface area contributed by atoms with Crippen LogP contribution in [-0.2, 0) is 0 Å². The third-order valence-corrected chi connectivity index (χ3v) is 8.85. The fraction of sp³-hybridized carbons (Fsp3) is 0. The quantitative estimate of drug-likeness (QED) is 0.186. The van der Waals surface area contributed by atoms with Crippen molar-refractivity contribution >= 4 is 43.9 Å². The number of hydrogen-bond acceptors (Lipinski definition) is 5. The highest BCUT2D eigenvalue weighted by molar-refractivity contribution is 6.12. The zero-order valence-electron chi connectivity index (χ0n) is 33.2. The van der Waals surface area contributed by atoms with Crippen LogP contribution in [0, 0.1) is 0 Å². The maximum atomic E-state index is 9.19. The molecule has 0 amide bonds. The van der Waals surface area contributed by atoms with Gasteiger partial charge in [-0.25, -0.2) is 15.0 Å². The van der Waals surface area contributed by atoms with Crippen LogP contribution in [0.4, 0.5) is 0 Å². The number of aromatic nitrogens is 3. The number of fused-ring (bicyclic) bond motifs is 6. The van der Waals surface area contributed by atoms with Gasteiger partial charge in [0.25, 0.3) is 0 Å². The monoisotopic (exact) mass is 648 g/mol. The van der Waals surface area contributed by atoms with Gasteiger partial charge < -0.3 is 8.83 Å². The number of hydrogen-bond donors (Lipinski definition) is 0. The first kappa shape index (κ1) is 21.9. The number of benzene rings is 7. The number of nitrogens with zero attached hydrogens (tertiary/aromatic N) is 3. The first-order chi connectivity index (χ1) is 27.7. The SMILES string of the molecule is [2H]c1c([2H])c([2H])c2c(oc3c([2H])c([2H])c(-c4ccc(-c5nc(-c6ccc(-c7ccccc7)cc6)nc(-c6cccc7oc8ccccc8c67)n5)cc4)c([2H])c32)c1[2H]. The van der Waals surface area contributed by atoms with Crippen LogP contribution in [0.2, 0.25) is 0 Å². The van der Waals surface area contributed by atoms with Gasteiger partial charge in [0.05, 0.1) is 9.60 Å². The van der Waals surface area contributed by atoms with Gasteiger partial charge in [-0.05, 0) is 52.5 Å². The molecule has 0 aliphatic carbocycles. The molecular formula is C45H27N3O2. The second-order valence-electron chi connectivity index (χ2n) is 11.9. The smallest absolute Gasteiger partial charge is 0.164 e. The Morgan fingerprint density at radius 1 is 0.380 bits per heavy atom. The zero-order valence-corrected chi connectivity index (χ0v) is 26.2. The van der Waals surface area contributed by atoms with Crippen molar-refractivity contribution < 1.29 is 18.4 Å². The van der Waals surface area contributed by atoms with Crippen molar-refractivity contribution in [1.29, 1.82) is 0 Å². The maximum absolute atomic E-state index is 9.19. The normalized spacial score (nSPS) is 13.6. The summed E-state index contributed by atoms with van der Waals surface area (Å²) in [5, 5.41) is 1.89. The molecule has 0 saturated heterocycles. The van der Waals surface area contributed by atoms with E-state index in [1.165, 1.54) is 0 Å². The van der Waals surface area contributed by atoms with Crippen LogP contribution in [0.25, 0.3) is 100 Å². The molecule has 10 aromatic rings. The molecule has 50 heavy (non-hydrogen) atoms. The van der Waals surface area contributed by atoms with Gasteiger partial charge >= 0.3 is 0 Å².